The molecule has 1 unspecified atom stereocenters. The van der Waals surface area contributed by atoms with Crippen molar-refractivity contribution in [3.05, 3.63) is 12.3 Å². The molecule has 0 aromatic heterocycles. The largest absolute Gasteiger partial charge is 0.293 e. The monoisotopic (exact) mass is 306 g/mol. The van der Waals surface area contributed by atoms with E-state index in [1.165, 1.54) is 76.3 Å². The number of allylic oxidation sites excluding steroid dienone is 1. The van der Waals surface area contributed by atoms with Gasteiger partial charge in [-0.15, -0.1) is 0 Å². The number of unbranched alkanes of at least 4 members (excludes halogenated alkanes) is 7. The summed E-state index contributed by atoms with van der Waals surface area (Å²) < 4.78 is 0. The first-order valence-corrected chi connectivity index (χ1v) is 9.41. The van der Waals surface area contributed by atoms with Crippen LogP contribution in [-0.4, -0.2) is 19.0 Å². The molecule has 0 amide bonds. The van der Waals surface area contributed by atoms with Crippen LogP contribution in [0.3, 0.4) is 0 Å². The molecule has 0 aliphatic carbocycles. The Bertz CT molecular complexity index is 316. The van der Waals surface area contributed by atoms with Gasteiger partial charge in [0.25, 0.3) is 0 Å². The molecule has 0 fully saturated rings. The van der Waals surface area contributed by atoms with Crippen molar-refractivity contribution >= 4 is 11.9 Å². The van der Waals surface area contributed by atoms with Crippen molar-refractivity contribution in [3.8, 4) is 0 Å². The van der Waals surface area contributed by atoms with Crippen molar-refractivity contribution in [1.29, 1.82) is 0 Å². The highest BCUT2D eigenvalue weighted by molar-refractivity contribution is 5.96. The number of nitrogens with zero attached hydrogens (tertiary/aromatic N) is 2. The fourth-order valence-corrected chi connectivity index (χ4v) is 2.85. The van der Waals surface area contributed by atoms with E-state index in [9.17, 15) is 0 Å². The van der Waals surface area contributed by atoms with Crippen molar-refractivity contribution in [2.45, 2.75) is 91.4 Å². The third-order valence-corrected chi connectivity index (χ3v) is 4.22. The third-order valence-electron chi connectivity index (χ3n) is 4.22. The van der Waals surface area contributed by atoms with Gasteiger partial charge in [-0.3, -0.25) is 9.98 Å². The van der Waals surface area contributed by atoms with Crippen LogP contribution in [-0.2, 0) is 0 Å². The van der Waals surface area contributed by atoms with E-state index in [-0.39, 0.29) is 0 Å². The smallest absolute Gasteiger partial charge is 0.0391 e. The van der Waals surface area contributed by atoms with Crippen molar-refractivity contribution < 1.29 is 0 Å². The molecule has 22 heavy (non-hydrogen) atoms. The maximum absolute atomic E-state index is 4.53. The first-order valence-electron chi connectivity index (χ1n) is 9.41. The van der Waals surface area contributed by atoms with Crippen LogP contribution in [0.2, 0.25) is 0 Å². The van der Waals surface area contributed by atoms with Crippen molar-refractivity contribution in [3.63, 3.8) is 0 Å². The van der Waals surface area contributed by atoms with Crippen LogP contribution in [0.15, 0.2) is 22.3 Å². The Morgan fingerprint density at radius 1 is 0.864 bits per heavy atom. The van der Waals surface area contributed by atoms with Crippen molar-refractivity contribution in [1.82, 2.24) is 0 Å². The summed E-state index contributed by atoms with van der Waals surface area (Å²) in [5, 5.41) is 0. The number of hydrogen-bond donors (Lipinski definition) is 0. The SMILES string of the molecule is C\C=N/C=C\C(=N/C)C(CCCCCC)CCCCCCC. The third kappa shape index (κ3) is 11.7. The van der Waals surface area contributed by atoms with Crippen LogP contribution in [0.25, 0.3) is 0 Å². The Kier molecular flexibility index (Phi) is 15.8. The van der Waals surface area contributed by atoms with Gasteiger partial charge in [0, 0.05) is 31.1 Å². The minimum absolute atomic E-state index is 0.617. The summed E-state index contributed by atoms with van der Waals surface area (Å²) in [4.78, 5) is 8.72. The molecule has 0 aromatic rings. The Morgan fingerprint density at radius 2 is 1.41 bits per heavy atom. The highest BCUT2D eigenvalue weighted by Gasteiger charge is 2.13. The predicted molar refractivity (Wildman–Crippen MR) is 102 cm³/mol. The quantitative estimate of drug-likeness (QED) is 0.255. The topological polar surface area (TPSA) is 24.7 Å². The fourth-order valence-electron chi connectivity index (χ4n) is 2.85. The molecule has 0 heterocycles. The lowest BCUT2D eigenvalue weighted by atomic mass is 9.90. The molecule has 0 bridgehead atoms. The molecular formula is C20H38N2. The zero-order valence-corrected chi connectivity index (χ0v) is 15.5. The number of hydrogen-bond acceptors (Lipinski definition) is 2. The first-order chi connectivity index (χ1) is 10.8. The second-order valence-corrected chi connectivity index (χ2v) is 6.12. The van der Waals surface area contributed by atoms with Gasteiger partial charge in [-0.1, -0.05) is 71.6 Å². The second-order valence-electron chi connectivity index (χ2n) is 6.12. The number of rotatable bonds is 14. The standard InChI is InChI=1S/C20H38N2/c1-5-8-10-12-14-16-19(15-13-11-9-6-2)20(21-4)17-18-22-7-3/h7,17-19H,5-6,8-16H2,1-4H3/b18-17-,21-20+,22-7-. The van der Waals surface area contributed by atoms with Gasteiger partial charge >= 0.3 is 0 Å². The Morgan fingerprint density at radius 3 is 1.91 bits per heavy atom. The van der Waals surface area contributed by atoms with Gasteiger partial charge in [0.05, 0.1) is 0 Å². The molecule has 2 nitrogen and oxygen atoms in total. The summed E-state index contributed by atoms with van der Waals surface area (Å²) in [6, 6.07) is 0. The van der Waals surface area contributed by atoms with Crippen molar-refractivity contribution in [2.24, 2.45) is 15.9 Å². The van der Waals surface area contributed by atoms with Crippen LogP contribution >= 0.6 is 0 Å². The maximum Gasteiger partial charge on any atom is 0.0391 e. The van der Waals surface area contributed by atoms with Crippen LogP contribution in [0.4, 0.5) is 0 Å². The summed E-state index contributed by atoms with van der Waals surface area (Å²) in [5.74, 6) is 0.617. The van der Waals surface area contributed by atoms with Crippen LogP contribution < -0.4 is 0 Å². The van der Waals surface area contributed by atoms with Gasteiger partial charge in [0.2, 0.25) is 0 Å². The molecular weight excluding hydrogens is 268 g/mol. The van der Waals surface area contributed by atoms with Gasteiger partial charge in [0.1, 0.15) is 0 Å². The van der Waals surface area contributed by atoms with Crippen LogP contribution in [0.1, 0.15) is 91.4 Å². The average molecular weight is 307 g/mol. The minimum atomic E-state index is 0.617. The summed E-state index contributed by atoms with van der Waals surface area (Å²) in [5.41, 5.74) is 1.23. The highest BCUT2D eigenvalue weighted by Crippen LogP contribution is 2.21. The molecule has 0 aliphatic heterocycles. The van der Waals surface area contributed by atoms with E-state index in [0.717, 1.165) is 0 Å². The van der Waals surface area contributed by atoms with E-state index in [1.807, 2.05) is 26.4 Å². The van der Waals surface area contributed by atoms with Crippen LogP contribution in [0, 0.1) is 5.92 Å². The Hall–Kier alpha value is -0.920. The van der Waals surface area contributed by atoms with Crippen molar-refractivity contribution in [2.75, 3.05) is 7.05 Å². The summed E-state index contributed by atoms with van der Waals surface area (Å²) in [6.07, 6.45) is 20.5. The zero-order valence-electron chi connectivity index (χ0n) is 15.5. The highest BCUT2D eigenvalue weighted by atomic mass is 14.7. The molecule has 0 rings (SSSR count). The van der Waals surface area contributed by atoms with E-state index in [4.69, 9.17) is 0 Å². The molecule has 1 atom stereocenters. The van der Waals surface area contributed by atoms with E-state index in [0.29, 0.717) is 5.92 Å². The van der Waals surface area contributed by atoms with Gasteiger partial charge < -0.3 is 0 Å². The van der Waals surface area contributed by atoms with Gasteiger partial charge in [-0.25, -0.2) is 0 Å². The summed E-state index contributed by atoms with van der Waals surface area (Å²) in [7, 11) is 1.92. The van der Waals surface area contributed by atoms with E-state index in [1.54, 1.807) is 0 Å². The van der Waals surface area contributed by atoms with E-state index in [2.05, 4.69) is 29.9 Å². The molecule has 0 saturated carbocycles. The van der Waals surface area contributed by atoms with E-state index < -0.39 is 0 Å². The Labute approximate surface area is 139 Å². The Balaban J connectivity index is 4.40. The van der Waals surface area contributed by atoms with Gasteiger partial charge in [-0.2, -0.15) is 0 Å². The van der Waals surface area contributed by atoms with Crippen LogP contribution in [0.5, 0.6) is 0 Å². The summed E-state index contributed by atoms with van der Waals surface area (Å²) in [6.45, 7) is 6.50. The molecule has 2 heteroatoms. The molecule has 0 aliphatic rings. The zero-order chi connectivity index (χ0) is 16.5. The summed E-state index contributed by atoms with van der Waals surface area (Å²) >= 11 is 0. The minimum Gasteiger partial charge on any atom is -0.293 e. The molecule has 128 valence electrons. The molecule has 0 radical (unpaired) electrons. The molecule has 0 aromatic carbocycles. The lowest BCUT2D eigenvalue weighted by molar-refractivity contribution is 0.491. The predicted octanol–water partition coefficient (Wildman–Crippen LogP) is 6.61. The van der Waals surface area contributed by atoms with Gasteiger partial charge in [-0.05, 0) is 25.8 Å². The maximum atomic E-state index is 4.53. The van der Waals surface area contributed by atoms with E-state index >= 15 is 0 Å². The molecule has 0 spiro atoms. The second kappa shape index (κ2) is 16.5. The first kappa shape index (κ1) is 21.1. The molecule has 0 N–H and O–H groups in total. The number of aliphatic imine (C=N–C) groups is 2. The fraction of sp³-hybridized carbons (Fsp3) is 0.800. The molecule has 0 saturated heterocycles. The lowest BCUT2D eigenvalue weighted by Gasteiger charge is -2.17. The average Bonchev–Trinajstić information content (AvgIpc) is 2.54. The normalized spacial score (nSPS) is 14.3. The lowest BCUT2D eigenvalue weighted by Crippen LogP contribution is -2.13. The van der Waals surface area contributed by atoms with Gasteiger partial charge in [0.15, 0.2) is 0 Å².